The van der Waals surface area contributed by atoms with Gasteiger partial charge in [-0.3, -0.25) is 0 Å². The van der Waals surface area contributed by atoms with Crippen molar-refractivity contribution in [3.8, 4) is 0 Å². The van der Waals surface area contributed by atoms with Crippen LogP contribution in [0.3, 0.4) is 0 Å². The highest BCUT2D eigenvalue weighted by Crippen LogP contribution is 2.09. The molecule has 0 radical (unpaired) electrons. The third-order valence-electron chi connectivity index (χ3n) is 1.57. The molecule has 0 aliphatic rings. The number of rotatable bonds is 5. The summed E-state index contributed by atoms with van der Waals surface area (Å²) in [6.45, 7) is 7.85. The van der Waals surface area contributed by atoms with E-state index in [1.807, 2.05) is 0 Å². The first-order valence-corrected chi connectivity index (χ1v) is 5.97. The van der Waals surface area contributed by atoms with E-state index in [4.69, 9.17) is 14.6 Å². The molecule has 0 bridgehead atoms. The van der Waals surface area contributed by atoms with Crippen molar-refractivity contribution in [2.75, 3.05) is 13.2 Å². The predicted molar refractivity (Wildman–Crippen MR) is 65.8 cm³/mol. The smallest absolute Gasteiger partial charge is 0.432 e. The maximum atomic E-state index is 11.3. The predicted octanol–water partition coefficient (Wildman–Crippen LogP) is 1.86. The van der Waals surface area contributed by atoms with Crippen molar-refractivity contribution in [3.63, 3.8) is 0 Å². The van der Waals surface area contributed by atoms with E-state index >= 15 is 0 Å². The largest absolute Gasteiger partial charge is 0.509 e. The van der Waals surface area contributed by atoms with Crippen molar-refractivity contribution < 1.29 is 33.6 Å². The van der Waals surface area contributed by atoms with E-state index in [-0.39, 0.29) is 13.2 Å². The Bertz CT molecular complexity index is 293. The third kappa shape index (κ3) is 11.3. The Balaban J connectivity index is 3.83. The summed E-state index contributed by atoms with van der Waals surface area (Å²) in [5.41, 5.74) is -0.645. The minimum atomic E-state index is -0.930. The molecule has 0 saturated carbocycles. The molecule has 0 saturated heterocycles. The van der Waals surface area contributed by atoms with Gasteiger partial charge in [-0.1, -0.05) is 0 Å². The van der Waals surface area contributed by atoms with E-state index in [0.29, 0.717) is 0 Å². The molecule has 0 aliphatic carbocycles. The van der Waals surface area contributed by atoms with Gasteiger partial charge in [0.05, 0.1) is 6.10 Å². The van der Waals surface area contributed by atoms with Crippen LogP contribution in [-0.2, 0) is 18.9 Å². The van der Waals surface area contributed by atoms with Crippen molar-refractivity contribution >= 4 is 12.3 Å². The lowest BCUT2D eigenvalue weighted by Gasteiger charge is -2.20. The Morgan fingerprint density at radius 3 is 2.05 bits per heavy atom. The summed E-state index contributed by atoms with van der Waals surface area (Å²) in [5.74, 6) is 0. The normalized spacial score (nSPS) is 14.2. The Labute approximate surface area is 112 Å². The molecule has 0 amide bonds. The van der Waals surface area contributed by atoms with Crippen LogP contribution in [0, 0.1) is 0 Å². The van der Waals surface area contributed by atoms with Crippen LogP contribution >= 0.6 is 0 Å². The average Bonchev–Trinajstić information content (AvgIpc) is 2.20. The van der Waals surface area contributed by atoms with Crippen LogP contribution in [0.15, 0.2) is 0 Å². The van der Waals surface area contributed by atoms with E-state index in [9.17, 15) is 9.59 Å². The van der Waals surface area contributed by atoms with Crippen molar-refractivity contribution in [3.05, 3.63) is 0 Å². The minimum Gasteiger partial charge on any atom is -0.432 e. The molecule has 0 aliphatic heterocycles. The van der Waals surface area contributed by atoms with Gasteiger partial charge in [-0.15, -0.1) is 0 Å². The van der Waals surface area contributed by atoms with Crippen LogP contribution in [0.4, 0.5) is 9.59 Å². The maximum absolute atomic E-state index is 11.3. The number of hydrogen-bond donors (Lipinski definition) is 1. The monoisotopic (exact) mass is 278 g/mol. The SMILES string of the molecule is CC(O)COC(=O)OCC(C)OC(=O)OC(C)(C)C. The lowest BCUT2D eigenvalue weighted by molar-refractivity contribution is -0.0434. The molecule has 7 heteroatoms. The highest BCUT2D eigenvalue weighted by Gasteiger charge is 2.20. The molecule has 1 N–H and O–H groups in total. The van der Waals surface area contributed by atoms with Gasteiger partial charge < -0.3 is 24.1 Å². The topological polar surface area (TPSA) is 91.3 Å². The molecule has 0 rings (SSSR count). The van der Waals surface area contributed by atoms with E-state index in [2.05, 4.69) is 9.47 Å². The van der Waals surface area contributed by atoms with Gasteiger partial charge in [0.1, 0.15) is 24.9 Å². The maximum Gasteiger partial charge on any atom is 0.509 e. The number of ether oxygens (including phenoxy) is 4. The van der Waals surface area contributed by atoms with Crippen LogP contribution in [0.2, 0.25) is 0 Å². The zero-order valence-electron chi connectivity index (χ0n) is 12.0. The molecular weight excluding hydrogens is 256 g/mol. The zero-order valence-corrected chi connectivity index (χ0v) is 12.0. The van der Waals surface area contributed by atoms with Gasteiger partial charge in [0.25, 0.3) is 0 Å². The molecule has 0 heterocycles. The lowest BCUT2D eigenvalue weighted by Crippen LogP contribution is -2.29. The summed E-state index contributed by atoms with van der Waals surface area (Å²) < 4.78 is 19.0. The van der Waals surface area contributed by atoms with E-state index < -0.39 is 30.1 Å². The molecule has 0 aromatic rings. The first-order valence-electron chi connectivity index (χ1n) is 5.97. The first-order chi connectivity index (χ1) is 8.60. The Morgan fingerprint density at radius 2 is 1.58 bits per heavy atom. The zero-order chi connectivity index (χ0) is 15.1. The summed E-state index contributed by atoms with van der Waals surface area (Å²) in [4.78, 5) is 22.3. The van der Waals surface area contributed by atoms with Crippen LogP contribution in [-0.4, -0.2) is 48.4 Å². The summed E-state index contributed by atoms with van der Waals surface area (Å²) >= 11 is 0. The number of aliphatic hydroxyl groups is 1. The number of carbonyl (C=O) groups is 2. The Hall–Kier alpha value is -1.50. The first kappa shape index (κ1) is 17.5. The molecule has 112 valence electrons. The third-order valence-corrected chi connectivity index (χ3v) is 1.57. The molecule has 19 heavy (non-hydrogen) atoms. The summed E-state index contributed by atoms with van der Waals surface area (Å²) in [6.07, 6.45) is -3.18. The Kier molecular flexibility index (Phi) is 7.21. The minimum absolute atomic E-state index is 0.153. The highest BCUT2D eigenvalue weighted by molar-refractivity contribution is 5.61. The van der Waals surface area contributed by atoms with Gasteiger partial charge in [0.2, 0.25) is 0 Å². The van der Waals surface area contributed by atoms with Crippen LogP contribution in [0.5, 0.6) is 0 Å². The fraction of sp³-hybridized carbons (Fsp3) is 0.833. The van der Waals surface area contributed by atoms with Crippen molar-refractivity contribution in [2.24, 2.45) is 0 Å². The molecule has 0 aromatic carbocycles. The second-order valence-corrected chi connectivity index (χ2v) is 5.11. The molecule has 2 unspecified atom stereocenters. The van der Waals surface area contributed by atoms with Gasteiger partial charge in [-0.05, 0) is 34.6 Å². The fourth-order valence-electron chi connectivity index (χ4n) is 0.888. The van der Waals surface area contributed by atoms with Gasteiger partial charge in [-0.2, -0.15) is 0 Å². The fourth-order valence-corrected chi connectivity index (χ4v) is 0.888. The van der Waals surface area contributed by atoms with Crippen molar-refractivity contribution in [1.82, 2.24) is 0 Å². The van der Waals surface area contributed by atoms with Crippen LogP contribution in [0.1, 0.15) is 34.6 Å². The van der Waals surface area contributed by atoms with Crippen LogP contribution < -0.4 is 0 Å². The molecule has 0 spiro atoms. The molecule has 7 nitrogen and oxygen atoms in total. The molecule has 0 fully saturated rings. The van der Waals surface area contributed by atoms with E-state index in [0.717, 1.165) is 0 Å². The second kappa shape index (κ2) is 7.83. The van der Waals surface area contributed by atoms with Gasteiger partial charge in [-0.25, -0.2) is 9.59 Å². The van der Waals surface area contributed by atoms with E-state index in [1.165, 1.54) is 6.92 Å². The standard InChI is InChI=1S/C12H22O7/c1-8(13)6-16-10(14)17-7-9(2)18-11(15)19-12(3,4)5/h8-9,13H,6-7H2,1-5H3. The highest BCUT2D eigenvalue weighted by atomic mass is 16.8. The second-order valence-electron chi connectivity index (χ2n) is 5.11. The van der Waals surface area contributed by atoms with Gasteiger partial charge >= 0.3 is 12.3 Å². The van der Waals surface area contributed by atoms with Gasteiger partial charge in [0, 0.05) is 0 Å². The van der Waals surface area contributed by atoms with E-state index in [1.54, 1.807) is 27.7 Å². The van der Waals surface area contributed by atoms with Crippen molar-refractivity contribution in [1.29, 1.82) is 0 Å². The molecule has 0 aromatic heterocycles. The van der Waals surface area contributed by atoms with Crippen molar-refractivity contribution in [2.45, 2.75) is 52.4 Å². The molecule has 2 atom stereocenters. The molecular formula is C12H22O7. The quantitative estimate of drug-likeness (QED) is 0.767. The summed E-state index contributed by atoms with van der Waals surface area (Å²) in [7, 11) is 0. The Morgan fingerprint density at radius 1 is 1.05 bits per heavy atom. The summed E-state index contributed by atoms with van der Waals surface area (Å²) in [5, 5.41) is 8.89. The number of aliphatic hydroxyl groups excluding tert-OH is 1. The summed E-state index contributed by atoms with van der Waals surface area (Å²) in [6, 6.07) is 0. The van der Waals surface area contributed by atoms with Crippen LogP contribution in [0.25, 0.3) is 0 Å². The van der Waals surface area contributed by atoms with Gasteiger partial charge in [0.15, 0.2) is 0 Å². The lowest BCUT2D eigenvalue weighted by atomic mass is 10.2. The average molecular weight is 278 g/mol. The number of hydrogen-bond acceptors (Lipinski definition) is 7. The number of carbonyl (C=O) groups excluding carboxylic acids is 2.